The topological polar surface area (TPSA) is 67.6 Å². The van der Waals surface area contributed by atoms with E-state index in [1.165, 1.54) is 25.9 Å². The summed E-state index contributed by atoms with van der Waals surface area (Å²) >= 11 is 0. The van der Waals surface area contributed by atoms with Crippen molar-refractivity contribution in [2.45, 2.75) is 19.8 Å². The molecular weight excluding hydrogens is 254 g/mol. The number of rotatable bonds is 6. The molecule has 0 spiro atoms. The average molecular weight is 277 g/mol. The molecule has 0 saturated carbocycles. The minimum atomic E-state index is -0.292. The largest absolute Gasteiger partial charge is 0.492 e. The molecule has 5 heteroatoms. The summed E-state index contributed by atoms with van der Waals surface area (Å²) in [5.74, 6) is 6.42. The highest BCUT2D eigenvalue weighted by atomic mass is 16.5. The molecule has 1 saturated heterocycles. The van der Waals surface area contributed by atoms with Crippen LogP contribution in [0, 0.1) is 5.92 Å². The number of likely N-dealkylation sites (tertiary alicyclic amines) is 1. The van der Waals surface area contributed by atoms with E-state index in [0.717, 1.165) is 18.2 Å². The second kappa shape index (κ2) is 7.26. The first-order chi connectivity index (χ1) is 9.72. The number of hydrazine groups is 1. The fourth-order valence-corrected chi connectivity index (χ4v) is 2.53. The highest BCUT2D eigenvalue weighted by Crippen LogP contribution is 2.18. The molecule has 0 aliphatic carbocycles. The molecule has 0 aromatic heterocycles. The zero-order valence-electron chi connectivity index (χ0n) is 12.0. The van der Waals surface area contributed by atoms with Crippen molar-refractivity contribution in [1.82, 2.24) is 10.3 Å². The lowest BCUT2D eigenvalue weighted by Crippen LogP contribution is -2.29. The monoisotopic (exact) mass is 277 g/mol. The van der Waals surface area contributed by atoms with Crippen molar-refractivity contribution >= 4 is 5.91 Å². The lowest BCUT2D eigenvalue weighted by Gasteiger charge is -2.16. The number of hydrogen-bond donors (Lipinski definition) is 2. The minimum Gasteiger partial charge on any atom is -0.492 e. The Morgan fingerprint density at radius 3 is 2.80 bits per heavy atom. The second-order valence-electron chi connectivity index (χ2n) is 5.21. The van der Waals surface area contributed by atoms with Gasteiger partial charge in [0.2, 0.25) is 0 Å². The molecule has 2 rings (SSSR count). The van der Waals surface area contributed by atoms with E-state index < -0.39 is 0 Å². The minimum absolute atomic E-state index is 0.292. The van der Waals surface area contributed by atoms with E-state index in [-0.39, 0.29) is 5.91 Å². The molecule has 1 atom stereocenters. The highest BCUT2D eigenvalue weighted by molar-refractivity contribution is 5.93. The van der Waals surface area contributed by atoms with Crippen molar-refractivity contribution in [3.05, 3.63) is 29.8 Å². The summed E-state index contributed by atoms with van der Waals surface area (Å²) in [6.07, 6.45) is 2.57. The van der Waals surface area contributed by atoms with Crippen LogP contribution in [0.25, 0.3) is 0 Å². The van der Waals surface area contributed by atoms with Gasteiger partial charge < -0.3 is 4.74 Å². The quantitative estimate of drug-likeness (QED) is 0.468. The molecule has 110 valence electrons. The van der Waals surface area contributed by atoms with Crippen molar-refractivity contribution in [1.29, 1.82) is 0 Å². The molecule has 1 amide bonds. The maximum atomic E-state index is 11.3. The Hall–Kier alpha value is -1.59. The van der Waals surface area contributed by atoms with Gasteiger partial charge in [0.1, 0.15) is 12.4 Å². The molecule has 1 aromatic carbocycles. The molecule has 1 aliphatic rings. The van der Waals surface area contributed by atoms with E-state index in [4.69, 9.17) is 10.6 Å². The maximum absolute atomic E-state index is 11.3. The van der Waals surface area contributed by atoms with E-state index in [1.54, 1.807) is 24.3 Å². The van der Waals surface area contributed by atoms with Crippen LogP contribution in [-0.2, 0) is 0 Å². The number of benzene rings is 1. The van der Waals surface area contributed by atoms with Crippen molar-refractivity contribution in [2.24, 2.45) is 11.8 Å². The molecule has 1 aliphatic heterocycles. The van der Waals surface area contributed by atoms with E-state index in [0.29, 0.717) is 12.2 Å². The van der Waals surface area contributed by atoms with Gasteiger partial charge in [0, 0.05) is 18.7 Å². The van der Waals surface area contributed by atoms with Gasteiger partial charge in [0.25, 0.3) is 5.91 Å². The van der Waals surface area contributed by atoms with Gasteiger partial charge in [-0.05, 0) is 43.1 Å². The molecule has 1 fully saturated rings. The van der Waals surface area contributed by atoms with Crippen LogP contribution < -0.4 is 16.0 Å². The molecule has 0 bridgehead atoms. The standard InChI is InChI=1S/C15H23N3O2/c1-2-12-7-8-18(11-12)9-10-20-14-5-3-13(4-6-14)15(19)17-16/h3-6,12H,2,7-11,16H2,1H3,(H,17,19). The summed E-state index contributed by atoms with van der Waals surface area (Å²) < 4.78 is 5.70. The Labute approximate surface area is 120 Å². The molecular formula is C15H23N3O2. The highest BCUT2D eigenvalue weighted by Gasteiger charge is 2.20. The van der Waals surface area contributed by atoms with Crippen LogP contribution in [0.15, 0.2) is 24.3 Å². The summed E-state index contributed by atoms with van der Waals surface area (Å²) in [6, 6.07) is 7.01. The molecule has 1 heterocycles. The smallest absolute Gasteiger partial charge is 0.265 e. The van der Waals surface area contributed by atoms with E-state index in [2.05, 4.69) is 17.2 Å². The SMILES string of the molecule is CCC1CCN(CCOc2ccc(C(=O)NN)cc2)C1. The number of nitrogens with zero attached hydrogens (tertiary/aromatic N) is 1. The predicted octanol–water partition coefficient (Wildman–Crippen LogP) is 1.40. The first-order valence-corrected chi connectivity index (χ1v) is 7.19. The van der Waals surface area contributed by atoms with Gasteiger partial charge in [0.15, 0.2) is 0 Å². The van der Waals surface area contributed by atoms with Crippen molar-refractivity contribution in [3.63, 3.8) is 0 Å². The number of carbonyl (C=O) groups excluding carboxylic acids is 1. The third kappa shape index (κ3) is 3.95. The zero-order chi connectivity index (χ0) is 14.4. The van der Waals surface area contributed by atoms with Crippen molar-refractivity contribution in [2.75, 3.05) is 26.2 Å². The fourth-order valence-electron chi connectivity index (χ4n) is 2.53. The number of amides is 1. The summed E-state index contributed by atoms with van der Waals surface area (Å²) in [5.41, 5.74) is 2.64. The first kappa shape index (κ1) is 14.8. The summed E-state index contributed by atoms with van der Waals surface area (Å²) in [4.78, 5) is 13.7. The molecule has 1 unspecified atom stereocenters. The second-order valence-corrected chi connectivity index (χ2v) is 5.21. The van der Waals surface area contributed by atoms with E-state index >= 15 is 0 Å². The maximum Gasteiger partial charge on any atom is 0.265 e. The van der Waals surface area contributed by atoms with Gasteiger partial charge in [0.05, 0.1) is 0 Å². The van der Waals surface area contributed by atoms with Crippen LogP contribution in [0.5, 0.6) is 5.75 Å². The fraction of sp³-hybridized carbons (Fsp3) is 0.533. The summed E-state index contributed by atoms with van der Waals surface area (Å²) in [6.45, 7) is 6.26. The predicted molar refractivity (Wildman–Crippen MR) is 78.4 cm³/mol. The van der Waals surface area contributed by atoms with Gasteiger partial charge in [-0.15, -0.1) is 0 Å². The zero-order valence-corrected chi connectivity index (χ0v) is 12.0. The van der Waals surface area contributed by atoms with E-state index in [9.17, 15) is 4.79 Å². The van der Waals surface area contributed by atoms with Gasteiger partial charge in [-0.3, -0.25) is 15.1 Å². The Bertz CT molecular complexity index is 433. The number of hydrogen-bond acceptors (Lipinski definition) is 4. The number of nitrogen functional groups attached to an aromatic ring is 1. The van der Waals surface area contributed by atoms with Gasteiger partial charge in [-0.25, -0.2) is 5.84 Å². The number of nitrogens with two attached hydrogens (primary N) is 1. The van der Waals surface area contributed by atoms with Crippen LogP contribution in [0.4, 0.5) is 0 Å². The Kier molecular flexibility index (Phi) is 5.38. The Morgan fingerprint density at radius 1 is 1.45 bits per heavy atom. The van der Waals surface area contributed by atoms with Crippen LogP contribution in [-0.4, -0.2) is 37.0 Å². The molecule has 3 N–H and O–H groups in total. The van der Waals surface area contributed by atoms with Gasteiger partial charge in [-0.2, -0.15) is 0 Å². The average Bonchev–Trinajstić information content (AvgIpc) is 2.95. The van der Waals surface area contributed by atoms with Gasteiger partial charge in [-0.1, -0.05) is 13.3 Å². The van der Waals surface area contributed by atoms with Crippen molar-refractivity contribution < 1.29 is 9.53 Å². The number of ether oxygens (including phenoxy) is 1. The molecule has 1 aromatic rings. The Morgan fingerprint density at radius 2 is 2.20 bits per heavy atom. The lowest BCUT2D eigenvalue weighted by molar-refractivity contribution is 0.0953. The molecule has 20 heavy (non-hydrogen) atoms. The van der Waals surface area contributed by atoms with Crippen LogP contribution in [0.2, 0.25) is 0 Å². The van der Waals surface area contributed by atoms with Crippen LogP contribution >= 0.6 is 0 Å². The summed E-state index contributed by atoms with van der Waals surface area (Å²) in [7, 11) is 0. The van der Waals surface area contributed by atoms with Crippen LogP contribution in [0.3, 0.4) is 0 Å². The third-order valence-electron chi connectivity index (χ3n) is 3.87. The normalized spacial score (nSPS) is 19.0. The third-order valence-corrected chi connectivity index (χ3v) is 3.87. The van der Waals surface area contributed by atoms with Crippen LogP contribution in [0.1, 0.15) is 30.1 Å². The Balaban J connectivity index is 1.73. The molecule has 0 radical (unpaired) electrons. The lowest BCUT2D eigenvalue weighted by atomic mass is 10.1. The van der Waals surface area contributed by atoms with Gasteiger partial charge >= 0.3 is 0 Å². The number of carbonyl (C=O) groups is 1. The van der Waals surface area contributed by atoms with Crippen molar-refractivity contribution in [3.8, 4) is 5.75 Å². The number of nitrogens with one attached hydrogen (secondary N) is 1. The summed E-state index contributed by atoms with van der Waals surface area (Å²) in [5, 5.41) is 0. The van der Waals surface area contributed by atoms with E-state index in [1.807, 2.05) is 0 Å². The first-order valence-electron chi connectivity index (χ1n) is 7.19. The molecule has 5 nitrogen and oxygen atoms in total.